The fourth-order valence-corrected chi connectivity index (χ4v) is 2.36. The Bertz CT molecular complexity index is 454. The van der Waals surface area contributed by atoms with E-state index in [1.165, 1.54) is 0 Å². The summed E-state index contributed by atoms with van der Waals surface area (Å²) in [6, 6.07) is 7.18. The van der Waals surface area contributed by atoms with Gasteiger partial charge in [-0.15, -0.1) is 0 Å². The number of amides is 1. The van der Waals surface area contributed by atoms with E-state index in [-0.39, 0.29) is 18.5 Å². The van der Waals surface area contributed by atoms with Gasteiger partial charge < -0.3 is 10.6 Å². The van der Waals surface area contributed by atoms with E-state index in [0.29, 0.717) is 16.5 Å². The Labute approximate surface area is 121 Å². The van der Waals surface area contributed by atoms with Gasteiger partial charge in [0.2, 0.25) is 5.91 Å². The molecule has 2 unspecified atom stereocenters. The lowest BCUT2D eigenvalue weighted by molar-refractivity contribution is -0.115. The van der Waals surface area contributed by atoms with E-state index < -0.39 is 10.8 Å². The summed E-state index contributed by atoms with van der Waals surface area (Å²) in [5, 5.41) is 6.44. The molecule has 0 saturated carbocycles. The molecule has 0 aliphatic carbocycles. The van der Waals surface area contributed by atoms with Crippen molar-refractivity contribution in [2.75, 3.05) is 23.9 Å². The molecule has 1 aromatic carbocycles. The Hall–Kier alpha value is -0.910. The number of rotatable bonds is 7. The predicted molar refractivity (Wildman–Crippen MR) is 81.1 cm³/mol. The minimum absolute atomic E-state index is 0.119. The van der Waals surface area contributed by atoms with E-state index in [0.717, 1.165) is 6.42 Å². The third kappa shape index (κ3) is 7.30. The lowest BCUT2D eigenvalue weighted by Crippen LogP contribution is -2.35. The van der Waals surface area contributed by atoms with Gasteiger partial charge in [-0.25, -0.2) is 0 Å². The standard InChI is InChI=1S/C13H19ClN2O2S/c1-10(6-7-19(2)18)15-9-13(17)16-12-5-3-4-11(14)8-12/h3-5,8,10,15H,6-7,9H2,1-2H3,(H,16,17). The Morgan fingerprint density at radius 1 is 1.47 bits per heavy atom. The average Bonchev–Trinajstić information content (AvgIpc) is 2.34. The summed E-state index contributed by atoms with van der Waals surface area (Å²) in [4.78, 5) is 11.7. The van der Waals surface area contributed by atoms with E-state index in [4.69, 9.17) is 11.6 Å². The molecule has 1 amide bonds. The fraction of sp³-hybridized carbons (Fsp3) is 0.462. The van der Waals surface area contributed by atoms with Gasteiger partial charge in [-0.1, -0.05) is 17.7 Å². The van der Waals surface area contributed by atoms with Gasteiger partial charge in [-0.05, 0) is 31.5 Å². The van der Waals surface area contributed by atoms with Crippen molar-refractivity contribution in [2.24, 2.45) is 0 Å². The number of hydrogen-bond donors (Lipinski definition) is 2. The monoisotopic (exact) mass is 302 g/mol. The molecule has 1 rings (SSSR count). The van der Waals surface area contributed by atoms with Gasteiger partial charge in [0.05, 0.1) is 6.54 Å². The molecule has 0 heterocycles. The van der Waals surface area contributed by atoms with E-state index in [2.05, 4.69) is 10.6 Å². The molecule has 0 aliphatic rings. The molecular formula is C13H19ClN2O2S. The second kappa shape index (κ2) is 8.30. The van der Waals surface area contributed by atoms with Gasteiger partial charge in [0.25, 0.3) is 0 Å². The lowest BCUT2D eigenvalue weighted by atomic mass is 10.2. The van der Waals surface area contributed by atoms with Crippen LogP contribution in [0, 0.1) is 0 Å². The number of halogens is 1. The molecule has 4 nitrogen and oxygen atoms in total. The number of nitrogens with one attached hydrogen (secondary N) is 2. The molecule has 6 heteroatoms. The van der Waals surface area contributed by atoms with Crippen LogP contribution >= 0.6 is 11.6 Å². The molecule has 19 heavy (non-hydrogen) atoms. The fourth-order valence-electron chi connectivity index (χ4n) is 1.48. The van der Waals surface area contributed by atoms with Gasteiger partial charge in [0.15, 0.2) is 0 Å². The van der Waals surface area contributed by atoms with Crippen LogP contribution in [-0.4, -0.2) is 34.7 Å². The third-order valence-corrected chi connectivity index (χ3v) is 3.60. The zero-order valence-corrected chi connectivity index (χ0v) is 12.7. The first kappa shape index (κ1) is 16.1. The summed E-state index contributed by atoms with van der Waals surface area (Å²) in [6.07, 6.45) is 2.46. The molecular weight excluding hydrogens is 284 g/mol. The van der Waals surface area contributed by atoms with Crippen LogP contribution in [0.25, 0.3) is 0 Å². The highest BCUT2D eigenvalue weighted by atomic mass is 35.5. The molecule has 0 spiro atoms. The molecule has 106 valence electrons. The molecule has 2 N–H and O–H groups in total. The van der Waals surface area contributed by atoms with Crippen LogP contribution in [0.4, 0.5) is 5.69 Å². The molecule has 0 radical (unpaired) electrons. The summed E-state index contributed by atoms with van der Waals surface area (Å²) in [7, 11) is -0.790. The average molecular weight is 303 g/mol. The highest BCUT2D eigenvalue weighted by Crippen LogP contribution is 2.14. The van der Waals surface area contributed by atoms with Crippen LogP contribution in [0.1, 0.15) is 13.3 Å². The van der Waals surface area contributed by atoms with Crippen LogP contribution in [-0.2, 0) is 15.6 Å². The van der Waals surface area contributed by atoms with Crippen molar-refractivity contribution in [2.45, 2.75) is 19.4 Å². The number of benzene rings is 1. The van der Waals surface area contributed by atoms with Crippen LogP contribution in [0.15, 0.2) is 24.3 Å². The zero-order chi connectivity index (χ0) is 14.3. The predicted octanol–water partition coefficient (Wildman–Crippen LogP) is 2.03. The maximum atomic E-state index is 11.7. The molecule has 0 bridgehead atoms. The number of hydrogen-bond acceptors (Lipinski definition) is 3. The summed E-state index contributed by atoms with van der Waals surface area (Å²) < 4.78 is 11.0. The summed E-state index contributed by atoms with van der Waals surface area (Å²) in [6.45, 7) is 2.20. The highest BCUT2D eigenvalue weighted by Gasteiger charge is 2.06. The molecule has 1 aromatic rings. The largest absolute Gasteiger partial charge is 0.325 e. The number of carbonyl (C=O) groups is 1. The van der Waals surface area contributed by atoms with Crippen molar-refractivity contribution in [1.82, 2.24) is 5.32 Å². The Morgan fingerprint density at radius 3 is 2.84 bits per heavy atom. The summed E-state index contributed by atoms with van der Waals surface area (Å²) in [5.41, 5.74) is 0.682. The van der Waals surface area contributed by atoms with E-state index in [1.807, 2.05) is 6.92 Å². The van der Waals surface area contributed by atoms with Crippen molar-refractivity contribution in [3.05, 3.63) is 29.3 Å². The van der Waals surface area contributed by atoms with Crippen LogP contribution in [0.2, 0.25) is 5.02 Å². The smallest absolute Gasteiger partial charge is 0.238 e. The van der Waals surface area contributed by atoms with Crippen molar-refractivity contribution < 1.29 is 9.00 Å². The van der Waals surface area contributed by atoms with Gasteiger partial charge in [0, 0.05) is 39.6 Å². The normalized spacial score (nSPS) is 13.8. The minimum Gasteiger partial charge on any atom is -0.325 e. The van der Waals surface area contributed by atoms with Gasteiger partial charge >= 0.3 is 0 Å². The van der Waals surface area contributed by atoms with Gasteiger partial charge in [0.1, 0.15) is 0 Å². The topological polar surface area (TPSA) is 58.2 Å². The first-order chi connectivity index (χ1) is 8.97. The maximum Gasteiger partial charge on any atom is 0.238 e. The van der Waals surface area contributed by atoms with E-state index >= 15 is 0 Å². The van der Waals surface area contributed by atoms with Crippen LogP contribution in [0.3, 0.4) is 0 Å². The Morgan fingerprint density at radius 2 is 2.21 bits per heavy atom. The van der Waals surface area contributed by atoms with E-state index in [9.17, 15) is 9.00 Å². The molecule has 0 aromatic heterocycles. The van der Waals surface area contributed by atoms with Crippen molar-refractivity contribution in [3.63, 3.8) is 0 Å². The first-order valence-electron chi connectivity index (χ1n) is 6.06. The van der Waals surface area contributed by atoms with Crippen molar-refractivity contribution in [3.8, 4) is 0 Å². The number of anilines is 1. The molecule has 0 aliphatic heterocycles. The van der Waals surface area contributed by atoms with Crippen molar-refractivity contribution in [1.29, 1.82) is 0 Å². The SMILES string of the molecule is CC(CCS(C)=O)NCC(=O)Nc1cccc(Cl)c1. The maximum absolute atomic E-state index is 11.7. The minimum atomic E-state index is -0.790. The second-order valence-corrected chi connectivity index (χ2v) is 6.40. The second-order valence-electron chi connectivity index (χ2n) is 4.41. The van der Waals surface area contributed by atoms with Crippen LogP contribution in [0.5, 0.6) is 0 Å². The lowest BCUT2D eigenvalue weighted by Gasteiger charge is -2.13. The molecule has 0 fully saturated rings. The summed E-state index contributed by atoms with van der Waals surface area (Å²) >= 11 is 5.83. The van der Waals surface area contributed by atoms with Gasteiger partial charge in [-0.3, -0.25) is 9.00 Å². The summed E-state index contributed by atoms with van der Waals surface area (Å²) in [5.74, 6) is 0.524. The van der Waals surface area contributed by atoms with Crippen LogP contribution < -0.4 is 10.6 Å². The highest BCUT2D eigenvalue weighted by molar-refractivity contribution is 7.84. The zero-order valence-electron chi connectivity index (χ0n) is 11.1. The van der Waals surface area contributed by atoms with Gasteiger partial charge in [-0.2, -0.15) is 0 Å². The Balaban J connectivity index is 2.30. The Kier molecular flexibility index (Phi) is 7.05. The van der Waals surface area contributed by atoms with E-state index in [1.54, 1.807) is 30.5 Å². The first-order valence-corrected chi connectivity index (χ1v) is 8.16. The quantitative estimate of drug-likeness (QED) is 0.810. The molecule has 2 atom stereocenters. The van der Waals surface area contributed by atoms with Crippen molar-refractivity contribution >= 4 is 34.0 Å². The number of carbonyl (C=O) groups excluding carboxylic acids is 1. The third-order valence-electron chi connectivity index (χ3n) is 2.56. The molecule has 0 saturated heterocycles.